The topological polar surface area (TPSA) is 105 Å². The lowest BCUT2D eigenvalue weighted by Crippen LogP contribution is -2.45. The van der Waals surface area contributed by atoms with Gasteiger partial charge < -0.3 is 19.8 Å². The molecule has 8 nitrogen and oxygen atoms in total. The molecule has 0 aromatic carbocycles. The molecular weight excluding hydrogens is 695 g/mol. The Hall–Kier alpha value is -1.28. The lowest BCUT2D eigenvalue weighted by atomic mass is 10.1. The predicted molar refractivity (Wildman–Crippen MR) is 231 cm³/mol. The fraction of sp³-hybridized carbons (Fsp3) is 0.844. The molecule has 0 spiro atoms. The number of aliphatic hydroxyl groups is 1. The highest BCUT2D eigenvalue weighted by atomic mass is 31.2. The van der Waals surface area contributed by atoms with Crippen LogP contribution in [0.15, 0.2) is 36.5 Å². The summed E-state index contributed by atoms with van der Waals surface area (Å²) >= 11 is 0. The number of quaternary nitrogens is 1. The maximum absolute atomic E-state index is 12.8. The number of hydrogen-bond acceptors (Lipinski definition) is 5. The molecule has 9 heteroatoms. The SMILES string of the molecule is CCCCCCCC/C=C\CCCCCCCC(=O)NC(COP(=O)(O)OCC[N+](C)(C)C)C(O)/C=C/CC/C=C/CCCCCCCCCCCCC. The van der Waals surface area contributed by atoms with Gasteiger partial charge in [-0.1, -0.05) is 166 Å². The third-order valence-electron chi connectivity index (χ3n) is 9.83. The first-order chi connectivity index (χ1) is 26.0. The molecule has 0 aliphatic carbocycles. The Bertz CT molecular complexity index is 980. The van der Waals surface area contributed by atoms with Crippen LogP contribution < -0.4 is 5.32 Å². The molecule has 0 heterocycles. The van der Waals surface area contributed by atoms with Crippen LogP contribution in [0.1, 0.15) is 194 Å². The molecule has 0 aliphatic rings. The highest BCUT2D eigenvalue weighted by Crippen LogP contribution is 2.43. The van der Waals surface area contributed by atoms with Crippen molar-refractivity contribution in [2.75, 3.05) is 40.9 Å². The molecule has 54 heavy (non-hydrogen) atoms. The number of allylic oxidation sites excluding steroid dienone is 5. The van der Waals surface area contributed by atoms with Crippen LogP contribution in [-0.2, 0) is 18.4 Å². The minimum atomic E-state index is -4.34. The van der Waals surface area contributed by atoms with Gasteiger partial charge in [-0.3, -0.25) is 13.8 Å². The van der Waals surface area contributed by atoms with E-state index >= 15 is 0 Å². The van der Waals surface area contributed by atoms with Crippen molar-refractivity contribution in [3.63, 3.8) is 0 Å². The van der Waals surface area contributed by atoms with Crippen LogP contribution in [0.5, 0.6) is 0 Å². The smallest absolute Gasteiger partial charge is 0.387 e. The minimum absolute atomic E-state index is 0.0546. The predicted octanol–water partition coefficient (Wildman–Crippen LogP) is 12.3. The summed E-state index contributed by atoms with van der Waals surface area (Å²) in [5.74, 6) is -0.197. The average Bonchev–Trinajstić information content (AvgIpc) is 3.12. The van der Waals surface area contributed by atoms with Gasteiger partial charge in [-0.2, -0.15) is 0 Å². The number of amides is 1. The fourth-order valence-corrected chi connectivity index (χ4v) is 6.96. The quantitative estimate of drug-likeness (QED) is 0.0247. The molecule has 0 aromatic rings. The number of carbonyl (C=O) groups is 1. The largest absolute Gasteiger partial charge is 0.472 e. The molecule has 3 unspecified atom stereocenters. The van der Waals surface area contributed by atoms with Crippen LogP contribution in [0, 0.1) is 0 Å². The van der Waals surface area contributed by atoms with Gasteiger partial charge in [0.05, 0.1) is 39.9 Å². The summed E-state index contributed by atoms with van der Waals surface area (Å²) in [6.45, 7) is 4.77. The number of likely N-dealkylation sites (N-methyl/N-ethyl adjacent to an activating group) is 1. The molecule has 3 atom stereocenters. The molecule has 0 rings (SSSR count). The zero-order chi connectivity index (χ0) is 40.0. The molecule has 0 fully saturated rings. The highest BCUT2D eigenvalue weighted by molar-refractivity contribution is 7.47. The number of rotatable bonds is 40. The lowest BCUT2D eigenvalue weighted by Gasteiger charge is -2.25. The van der Waals surface area contributed by atoms with Gasteiger partial charge in [-0.05, 0) is 57.8 Å². The zero-order valence-electron chi connectivity index (χ0n) is 36.0. The van der Waals surface area contributed by atoms with Crippen LogP contribution >= 0.6 is 7.82 Å². The fourth-order valence-electron chi connectivity index (χ4n) is 6.23. The van der Waals surface area contributed by atoms with Gasteiger partial charge in [-0.15, -0.1) is 0 Å². The van der Waals surface area contributed by atoms with Crippen molar-refractivity contribution in [2.24, 2.45) is 0 Å². The van der Waals surface area contributed by atoms with E-state index in [1.165, 1.54) is 122 Å². The summed E-state index contributed by atoms with van der Waals surface area (Å²) in [4.78, 5) is 23.1. The Kier molecular flexibility index (Phi) is 36.4. The van der Waals surface area contributed by atoms with E-state index in [2.05, 4.69) is 43.5 Å². The Morgan fingerprint density at radius 2 is 1.02 bits per heavy atom. The third kappa shape index (κ3) is 39.0. The summed E-state index contributed by atoms with van der Waals surface area (Å²) in [6, 6.07) is -0.865. The summed E-state index contributed by atoms with van der Waals surface area (Å²) in [6.07, 6.45) is 45.0. The van der Waals surface area contributed by atoms with E-state index < -0.39 is 20.0 Å². The second-order valence-corrected chi connectivity index (χ2v) is 17.9. The van der Waals surface area contributed by atoms with Crippen molar-refractivity contribution in [3.05, 3.63) is 36.5 Å². The normalized spacial score (nSPS) is 14.7. The Morgan fingerprint density at radius 1 is 0.611 bits per heavy atom. The Labute approximate surface area is 334 Å². The maximum atomic E-state index is 12.8. The van der Waals surface area contributed by atoms with Gasteiger partial charge in [-0.25, -0.2) is 4.57 Å². The molecule has 0 saturated heterocycles. The zero-order valence-corrected chi connectivity index (χ0v) is 36.9. The summed E-state index contributed by atoms with van der Waals surface area (Å²) < 4.78 is 23.5. The van der Waals surface area contributed by atoms with E-state index in [4.69, 9.17) is 9.05 Å². The van der Waals surface area contributed by atoms with Gasteiger partial charge in [0.2, 0.25) is 5.91 Å². The molecular formula is C45H88N2O6P+. The van der Waals surface area contributed by atoms with Crippen molar-refractivity contribution in [3.8, 4) is 0 Å². The maximum Gasteiger partial charge on any atom is 0.472 e. The second kappa shape index (κ2) is 37.3. The van der Waals surface area contributed by atoms with Crippen molar-refractivity contribution >= 4 is 13.7 Å². The van der Waals surface area contributed by atoms with Crippen LogP contribution in [0.4, 0.5) is 0 Å². The monoisotopic (exact) mass is 784 g/mol. The van der Waals surface area contributed by atoms with Gasteiger partial charge in [0, 0.05) is 6.42 Å². The average molecular weight is 784 g/mol. The molecule has 0 radical (unpaired) electrons. The number of unbranched alkanes of at least 4 members (excludes halogenated alkanes) is 23. The first-order valence-electron chi connectivity index (χ1n) is 22.4. The van der Waals surface area contributed by atoms with Crippen molar-refractivity contribution in [1.82, 2.24) is 5.32 Å². The molecule has 1 amide bonds. The number of nitrogens with zero attached hydrogens (tertiary/aromatic N) is 1. The lowest BCUT2D eigenvalue weighted by molar-refractivity contribution is -0.870. The van der Waals surface area contributed by atoms with E-state index in [9.17, 15) is 19.4 Å². The van der Waals surface area contributed by atoms with E-state index in [1.807, 2.05) is 27.2 Å². The first-order valence-corrected chi connectivity index (χ1v) is 23.9. The molecule has 3 N–H and O–H groups in total. The molecule has 318 valence electrons. The number of nitrogens with one attached hydrogen (secondary N) is 1. The third-order valence-corrected chi connectivity index (χ3v) is 10.8. The minimum Gasteiger partial charge on any atom is -0.387 e. The molecule has 0 aliphatic heterocycles. The van der Waals surface area contributed by atoms with Crippen LogP contribution in [0.25, 0.3) is 0 Å². The summed E-state index contributed by atoms with van der Waals surface area (Å²) in [7, 11) is 1.55. The number of phosphoric acid groups is 1. The van der Waals surface area contributed by atoms with Crippen LogP contribution in [0.3, 0.4) is 0 Å². The summed E-state index contributed by atoms with van der Waals surface area (Å²) in [5, 5.41) is 13.8. The Morgan fingerprint density at radius 3 is 1.48 bits per heavy atom. The van der Waals surface area contributed by atoms with E-state index in [1.54, 1.807) is 6.08 Å². The van der Waals surface area contributed by atoms with Gasteiger partial charge in [0.1, 0.15) is 13.2 Å². The standard InChI is InChI=1S/C45H87N2O6P/c1-6-8-10-12-14-16-18-20-22-23-25-26-28-30-32-34-36-38-44(48)43(42-53-54(50,51)52-41-40-47(3,4)5)46-45(49)39-37-35-33-31-29-27-24-21-19-17-15-13-11-9-7-2/h21,24,28,30,36,38,43-44,48H,6-20,22-23,25-27,29,31-35,37,39-42H2,1-5H3,(H-,46,49,50,51)/p+1/b24-21-,30-28+,38-36+. The highest BCUT2D eigenvalue weighted by Gasteiger charge is 2.27. The van der Waals surface area contributed by atoms with E-state index in [-0.39, 0.29) is 19.1 Å². The van der Waals surface area contributed by atoms with Crippen molar-refractivity contribution in [1.29, 1.82) is 0 Å². The van der Waals surface area contributed by atoms with Crippen molar-refractivity contribution in [2.45, 2.75) is 206 Å². The Balaban J connectivity index is 4.50. The van der Waals surface area contributed by atoms with Gasteiger partial charge >= 0.3 is 7.82 Å². The number of phosphoric ester groups is 1. The van der Waals surface area contributed by atoms with Gasteiger partial charge in [0.25, 0.3) is 0 Å². The first kappa shape index (κ1) is 52.7. The second-order valence-electron chi connectivity index (χ2n) is 16.4. The van der Waals surface area contributed by atoms with Crippen LogP contribution in [0.2, 0.25) is 0 Å². The van der Waals surface area contributed by atoms with Gasteiger partial charge in [0.15, 0.2) is 0 Å². The molecule has 0 bridgehead atoms. The van der Waals surface area contributed by atoms with Crippen LogP contribution in [-0.4, -0.2) is 73.4 Å². The number of carbonyl (C=O) groups excluding carboxylic acids is 1. The summed E-state index contributed by atoms with van der Waals surface area (Å²) in [5.41, 5.74) is 0. The van der Waals surface area contributed by atoms with E-state index in [0.29, 0.717) is 17.4 Å². The van der Waals surface area contributed by atoms with Crippen molar-refractivity contribution < 1.29 is 32.9 Å². The molecule has 0 saturated carbocycles. The number of aliphatic hydroxyl groups excluding tert-OH is 1. The number of hydrogen-bond donors (Lipinski definition) is 3. The molecule has 0 aromatic heterocycles. The van der Waals surface area contributed by atoms with E-state index in [0.717, 1.165) is 51.4 Å².